The molecule has 0 aliphatic rings. The lowest BCUT2D eigenvalue weighted by atomic mass is 9.97. The maximum atomic E-state index is 9.83. The lowest BCUT2D eigenvalue weighted by Crippen LogP contribution is -1.86. The van der Waals surface area contributed by atoms with Gasteiger partial charge in [-0.25, -0.2) is 0 Å². The second-order valence-electron chi connectivity index (χ2n) is 5.97. The summed E-state index contributed by atoms with van der Waals surface area (Å²) < 4.78 is 0. The van der Waals surface area contributed by atoms with Crippen LogP contribution < -0.4 is 0 Å². The number of aryl methyl sites for hydroxylation is 2. The summed E-state index contributed by atoms with van der Waals surface area (Å²) in [6, 6.07) is 19.9. The minimum Gasteiger partial charge on any atom is -0.508 e. The smallest absolute Gasteiger partial charge is 0.118 e. The van der Waals surface area contributed by atoms with E-state index in [1.54, 1.807) is 12.1 Å². The zero-order valence-electron chi connectivity index (χ0n) is 14.1. The first-order chi connectivity index (χ1) is 11.6. The Bertz CT molecular complexity index is 776. The van der Waals surface area contributed by atoms with Crippen LogP contribution in [0.15, 0.2) is 60.7 Å². The number of hydrogen-bond donors (Lipinski definition) is 2. The largest absolute Gasteiger partial charge is 0.508 e. The molecule has 3 rings (SSSR count). The van der Waals surface area contributed by atoms with Gasteiger partial charge in [-0.05, 0) is 70.5 Å². The van der Waals surface area contributed by atoms with Crippen LogP contribution in [-0.4, -0.2) is 10.2 Å². The van der Waals surface area contributed by atoms with Gasteiger partial charge in [0.15, 0.2) is 0 Å². The second kappa shape index (κ2) is 6.79. The maximum absolute atomic E-state index is 9.83. The molecule has 0 radical (unpaired) electrons. The highest BCUT2D eigenvalue weighted by atomic mass is 16.3. The van der Waals surface area contributed by atoms with E-state index in [4.69, 9.17) is 0 Å². The van der Waals surface area contributed by atoms with Crippen molar-refractivity contribution in [3.8, 4) is 33.8 Å². The van der Waals surface area contributed by atoms with Gasteiger partial charge in [0, 0.05) is 0 Å². The van der Waals surface area contributed by atoms with E-state index >= 15 is 0 Å². The fraction of sp³-hybridized carbons (Fsp3) is 0.182. The molecule has 0 atom stereocenters. The molecule has 0 aliphatic heterocycles. The molecular formula is C22H22O2. The monoisotopic (exact) mass is 318 g/mol. The zero-order chi connectivity index (χ0) is 17.1. The van der Waals surface area contributed by atoms with Crippen LogP contribution in [0.5, 0.6) is 11.5 Å². The molecule has 3 aromatic carbocycles. The van der Waals surface area contributed by atoms with Crippen LogP contribution in [0.1, 0.15) is 25.0 Å². The van der Waals surface area contributed by atoms with E-state index in [2.05, 4.69) is 24.3 Å². The van der Waals surface area contributed by atoms with Gasteiger partial charge in [-0.2, -0.15) is 0 Å². The SMILES string of the molecule is CCc1cc(-c2ccc(-c3ccc(O)c(CC)c3)cc2)ccc1O. The fourth-order valence-electron chi connectivity index (χ4n) is 2.95. The lowest BCUT2D eigenvalue weighted by Gasteiger charge is -2.09. The van der Waals surface area contributed by atoms with E-state index in [9.17, 15) is 10.2 Å². The molecule has 0 amide bonds. The van der Waals surface area contributed by atoms with Gasteiger partial charge in [-0.15, -0.1) is 0 Å². The van der Waals surface area contributed by atoms with Crippen molar-refractivity contribution in [2.24, 2.45) is 0 Å². The van der Waals surface area contributed by atoms with E-state index < -0.39 is 0 Å². The van der Waals surface area contributed by atoms with Crippen molar-refractivity contribution >= 4 is 0 Å². The van der Waals surface area contributed by atoms with Crippen molar-refractivity contribution in [1.29, 1.82) is 0 Å². The molecule has 2 heteroatoms. The molecule has 122 valence electrons. The average molecular weight is 318 g/mol. The van der Waals surface area contributed by atoms with E-state index in [-0.39, 0.29) is 0 Å². The summed E-state index contributed by atoms with van der Waals surface area (Å²) >= 11 is 0. The normalized spacial score (nSPS) is 10.8. The molecule has 0 heterocycles. The van der Waals surface area contributed by atoms with Crippen molar-refractivity contribution in [3.63, 3.8) is 0 Å². The molecule has 3 aromatic rings. The van der Waals surface area contributed by atoms with E-state index in [0.29, 0.717) is 11.5 Å². The topological polar surface area (TPSA) is 40.5 Å². The Morgan fingerprint density at radius 1 is 0.542 bits per heavy atom. The van der Waals surface area contributed by atoms with Gasteiger partial charge in [0.1, 0.15) is 11.5 Å². The summed E-state index contributed by atoms with van der Waals surface area (Å²) in [5.41, 5.74) is 6.39. The van der Waals surface area contributed by atoms with Crippen molar-refractivity contribution in [2.45, 2.75) is 26.7 Å². The van der Waals surface area contributed by atoms with Crippen molar-refractivity contribution in [2.75, 3.05) is 0 Å². The minimum atomic E-state index is 0.356. The van der Waals surface area contributed by atoms with Gasteiger partial charge >= 0.3 is 0 Å². The van der Waals surface area contributed by atoms with Crippen LogP contribution in [0.3, 0.4) is 0 Å². The molecule has 0 bridgehead atoms. The number of rotatable bonds is 4. The maximum Gasteiger partial charge on any atom is 0.118 e. The van der Waals surface area contributed by atoms with Crippen LogP contribution >= 0.6 is 0 Å². The van der Waals surface area contributed by atoms with E-state index in [1.807, 2.05) is 38.1 Å². The summed E-state index contributed by atoms with van der Waals surface area (Å²) in [6.45, 7) is 4.08. The molecule has 24 heavy (non-hydrogen) atoms. The molecule has 0 spiro atoms. The lowest BCUT2D eigenvalue weighted by molar-refractivity contribution is 0.468. The predicted molar refractivity (Wildman–Crippen MR) is 99.4 cm³/mol. The van der Waals surface area contributed by atoms with Gasteiger partial charge < -0.3 is 10.2 Å². The molecule has 0 unspecified atom stereocenters. The second-order valence-corrected chi connectivity index (χ2v) is 5.97. The number of phenols is 2. The number of benzene rings is 3. The Kier molecular flexibility index (Phi) is 4.57. The molecule has 0 aromatic heterocycles. The van der Waals surface area contributed by atoms with Crippen LogP contribution in [0.4, 0.5) is 0 Å². The number of aromatic hydroxyl groups is 2. The molecular weight excluding hydrogens is 296 g/mol. The Morgan fingerprint density at radius 3 is 1.21 bits per heavy atom. The first-order valence-corrected chi connectivity index (χ1v) is 8.37. The molecule has 0 aliphatic carbocycles. The summed E-state index contributed by atoms with van der Waals surface area (Å²) in [5, 5.41) is 19.7. The standard InChI is InChI=1S/C22H22O2/c1-3-15-13-19(9-11-21(15)23)17-5-7-18(8-6-17)20-10-12-22(24)16(4-2)14-20/h5-14,23-24H,3-4H2,1-2H3. The fourth-order valence-corrected chi connectivity index (χ4v) is 2.95. The van der Waals surface area contributed by atoms with Crippen molar-refractivity contribution in [1.82, 2.24) is 0 Å². The van der Waals surface area contributed by atoms with Gasteiger partial charge in [0.2, 0.25) is 0 Å². The predicted octanol–water partition coefficient (Wildman–Crippen LogP) is 5.56. The molecule has 0 fully saturated rings. The molecule has 0 saturated carbocycles. The highest BCUT2D eigenvalue weighted by molar-refractivity contribution is 5.72. The zero-order valence-corrected chi connectivity index (χ0v) is 14.1. The van der Waals surface area contributed by atoms with E-state index in [0.717, 1.165) is 46.2 Å². The minimum absolute atomic E-state index is 0.356. The summed E-state index contributed by atoms with van der Waals surface area (Å²) in [5.74, 6) is 0.711. The molecule has 0 saturated heterocycles. The van der Waals surface area contributed by atoms with Crippen molar-refractivity contribution in [3.05, 3.63) is 71.8 Å². The number of phenolic OH excluding ortho intramolecular Hbond substituents is 2. The third-order valence-corrected chi connectivity index (χ3v) is 4.47. The first kappa shape index (κ1) is 16.1. The highest BCUT2D eigenvalue weighted by Gasteiger charge is 2.06. The Balaban J connectivity index is 1.93. The van der Waals surface area contributed by atoms with Crippen molar-refractivity contribution < 1.29 is 10.2 Å². The van der Waals surface area contributed by atoms with E-state index in [1.165, 1.54) is 0 Å². The quantitative estimate of drug-likeness (QED) is 0.661. The number of hydrogen-bond acceptors (Lipinski definition) is 2. The van der Waals surface area contributed by atoms with Gasteiger partial charge in [0.05, 0.1) is 0 Å². The highest BCUT2D eigenvalue weighted by Crippen LogP contribution is 2.30. The van der Waals surface area contributed by atoms with Gasteiger partial charge in [-0.1, -0.05) is 50.2 Å². The van der Waals surface area contributed by atoms with Gasteiger partial charge in [0.25, 0.3) is 0 Å². The van der Waals surface area contributed by atoms with Crippen LogP contribution in [-0.2, 0) is 12.8 Å². The third kappa shape index (κ3) is 3.13. The van der Waals surface area contributed by atoms with Crippen LogP contribution in [0, 0.1) is 0 Å². The van der Waals surface area contributed by atoms with Crippen LogP contribution in [0.2, 0.25) is 0 Å². The summed E-state index contributed by atoms with van der Waals surface area (Å²) in [4.78, 5) is 0. The average Bonchev–Trinajstić information content (AvgIpc) is 2.63. The first-order valence-electron chi connectivity index (χ1n) is 8.37. The summed E-state index contributed by atoms with van der Waals surface area (Å²) in [7, 11) is 0. The van der Waals surface area contributed by atoms with Crippen LogP contribution in [0.25, 0.3) is 22.3 Å². The third-order valence-electron chi connectivity index (χ3n) is 4.47. The molecule has 2 nitrogen and oxygen atoms in total. The molecule has 2 N–H and O–H groups in total. The summed E-state index contributed by atoms with van der Waals surface area (Å²) in [6.07, 6.45) is 1.62. The Labute approximate surface area is 143 Å². The Hall–Kier alpha value is -2.74. The van der Waals surface area contributed by atoms with Gasteiger partial charge in [-0.3, -0.25) is 0 Å². The Morgan fingerprint density at radius 2 is 0.875 bits per heavy atom.